The van der Waals surface area contributed by atoms with Crippen molar-refractivity contribution in [1.82, 2.24) is 0 Å². The number of hydrogen-bond acceptors (Lipinski definition) is 3. The molecule has 74 valence electrons. The van der Waals surface area contributed by atoms with E-state index in [1.807, 2.05) is 0 Å². The summed E-state index contributed by atoms with van der Waals surface area (Å²) >= 11 is 5.67. The van der Waals surface area contributed by atoms with Crippen LogP contribution in [0.4, 0.5) is 0 Å². The van der Waals surface area contributed by atoms with Gasteiger partial charge in [0.2, 0.25) is 0 Å². The second-order valence-corrected chi connectivity index (χ2v) is 2.96. The minimum absolute atomic E-state index is 0. The molecule has 1 aromatic rings. The number of phenols is 1. The topological polar surface area (TPSA) is 72.3 Å². The summed E-state index contributed by atoms with van der Waals surface area (Å²) in [5, 5.41) is 9.40. The molecule has 1 rings (SSSR count). The van der Waals surface area contributed by atoms with E-state index in [4.69, 9.17) is 28.2 Å². The summed E-state index contributed by atoms with van der Waals surface area (Å²) < 4.78 is 0. The Morgan fingerprint density at radius 1 is 1.46 bits per heavy atom. The van der Waals surface area contributed by atoms with Crippen LogP contribution in [0.2, 0.25) is 5.02 Å². The number of rotatable bonds is 2. The maximum atomic E-state index is 9.09. The van der Waals surface area contributed by atoms with Gasteiger partial charge in [-0.15, -0.1) is 12.4 Å². The lowest BCUT2D eigenvalue weighted by Gasteiger charge is -2.09. The van der Waals surface area contributed by atoms with Crippen LogP contribution in [-0.4, -0.2) is 11.7 Å². The number of phenolic OH excluding ortho intramolecular Hbond substituents is 1. The summed E-state index contributed by atoms with van der Waals surface area (Å²) in [6, 6.07) is 4.61. The SMILES string of the molecule is Cl.NC[C@@H](N)c1ccc(O)c(Cl)c1. The highest BCUT2D eigenvalue weighted by Gasteiger charge is 2.05. The first-order valence-corrected chi connectivity index (χ1v) is 3.97. The lowest BCUT2D eigenvalue weighted by atomic mass is 10.1. The zero-order valence-electron chi connectivity index (χ0n) is 6.90. The molecule has 0 saturated heterocycles. The molecular weight excluding hydrogens is 211 g/mol. The van der Waals surface area contributed by atoms with Gasteiger partial charge in [0.15, 0.2) is 0 Å². The highest BCUT2D eigenvalue weighted by atomic mass is 35.5. The largest absolute Gasteiger partial charge is 0.506 e. The summed E-state index contributed by atoms with van der Waals surface area (Å²) in [4.78, 5) is 0. The molecule has 1 atom stereocenters. The molecule has 0 aliphatic heterocycles. The maximum Gasteiger partial charge on any atom is 0.134 e. The molecule has 0 amide bonds. The van der Waals surface area contributed by atoms with Crippen LogP contribution in [0, 0.1) is 0 Å². The van der Waals surface area contributed by atoms with Crippen LogP contribution >= 0.6 is 24.0 Å². The first-order chi connectivity index (χ1) is 5.65. The quantitative estimate of drug-likeness (QED) is 0.710. The number of hydrogen-bond donors (Lipinski definition) is 3. The summed E-state index contributed by atoms with van der Waals surface area (Å²) in [5.74, 6) is 0.0599. The van der Waals surface area contributed by atoms with Crippen molar-refractivity contribution in [2.24, 2.45) is 11.5 Å². The van der Waals surface area contributed by atoms with Crippen LogP contribution in [0.25, 0.3) is 0 Å². The number of aromatic hydroxyl groups is 1. The highest BCUT2D eigenvalue weighted by molar-refractivity contribution is 6.32. The predicted octanol–water partition coefficient (Wildman–Crippen LogP) is 1.43. The molecule has 5 heteroatoms. The summed E-state index contributed by atoms with van der Waals surface area (Å²) in [7, 11) is 0. The molecule has 0 aliphatic rings. The van der Waals surface area contributed by atoms with Gasteiger partial charge in [-0.25, -0.2) is 0 Å². The van der Waals surface area contributed by atoms with Gasteiger partial charge in [0.05, 0.1) is 5.02 Å². The van der Waals surface area contributed by atoms with Gasteiger partial charge in [0.1, 0.15) is 5.75 Å². The monoisotopic (exact) mass is 222 g/mol. The van der Waals surface area contributed by atoms with Crippen LogP contribution in [0.5, 0.6) is 5.75 Å². The smallest absolute Gasteiger partial charge is 0.134 e. The van der Waals surface area contributed by atoms with Gasteiger partial charge >= 0.3 is 0 Å². The predicted molar refractivity (Wildman–Crippen MR) is 56.3 cm³/mol. The molecule has 13 heavy (non-hydrogen) atoms. The van der Waals surface area contributed by atoms with Gasteiger partial charge in [0, 0.05) is 12.6 Å². The third-order valence-electron chi connectivity index (χ3n) is 1.65. The van der Waals surface area contributed by atoms with Gasteiger partial charge in [-0.05, 0) is 17.7 Å². The highest BCUT2D eigenvalue weighted by Crippen LogP contribution is 2.25. The van der Waals surface area contributed by atoms with E-state index in [9.17, 15) is 0 Å². The van der Waals surface area contributed by atoms with E-state index in [0.29, 0.717) is 11.6 Å². The fraction of sp³-hybridized carbons (Fsp3) is 0.250. The molecule has 0 saturated carbocycles. The molecule has 5 N–H and O–H groups in total. The Kier molecular flexibility index (Phi) is 5.10. The van der Waals surface area contributed by atoms with Gasteiger partial charge in [-0.3, -0.25) is 0 Å². The van der Waals surface area contributed by atoms with Crippen LogP contribution in [0.15, 0.2) is 18.2 Å². The summed E-state index contributed by atoms with van der Waals surface area (Å²) in [6.45, 7) is 0.362. The van der Waals surface area contributed by atoms with Crippen molar-refractivity contribution >= 4 is 24.0 Å². The van der Waals surface area contributed by atoms with Crippen LogP contribution in [0.1, 0.15) is 11.6 Å². The molecule has 0 radical (unpaired) electrons. The zero-order valence-corrected chi connectivity index (χ0v) is 8.48. The Bertz CT molecular complexity index is 281. The van der Waals surface area contributed by atoms with Crippen molar-refractivity contribution in [3.63, 3.8) is 0 Å². The minimum Gasteiger partial charge on any atom is -0.506 e. The van der Waals surface area contributed by atoms with Crippen molar-refractivity contribution in [3.8, 4) is 5.75 Å². The molecule has 0 bridgehead atoms. The molecule has 0 fully saturated rings. The molecule has 0 heterocycles. The molecule has 0 aliphatic carbocycles. The average Bonchev–Trinajstić information content (AvgIpc) is 2.08. The Balaban J connectivity index is 0.00000144. The number of halogens is 2. The Hall–Kier alpha value is -0.480. The lowest BCUT2D eigenvalue weighted by Crippen LogP contribution is -2.20. The number of benzene rings is 1. The van der Waals surface area contributed by atoms with E-state index >= 15 is 0 Å². The van der Waals surface area contributed by atoms with Crippen molar-refractivity contribution < 1.29 is 5.11 Å². The first kappa shape index (κ1) is 12.5. The second-order valence-electron chi connectivity index (χ2n) is 2.55. The van der Waals surface area contributed by atoms with E-state index in [0.717, 1.165) is 5.56 Å². The summed E-state index contributed by atoms with van der Waals surface area (Å²) in [5.41, 5.74) is 11.8. The summed E-state index contributed by atoms with van der Waals surface area (Å²) in [6.07, 6.45) is 0. The van der Waals surface area contributed by atoms with E-state index in [2.05, 4.69) is 0 Å². The fourth-order valence-electron chi connectivity index (χ4n) is 0.890. The normalized spacial score (nSPS) is 11.9. The fourth-order valence-corrected chi connectivity index (χ4v) is 1.08. The first-order valence-electron chi connectivity index (χ1n) is 3.59. The molecule has 0 aromatic heterocycles. The van der Waals surface area contributed by atoms with Crippen LogP contribution in [0.3, 0.4) is 0 Å². The lowest BCUT2D eigenvalue weighted by molar-refractivity contribution is 0.475. The number of nitrogens with two attached hydrogens (primary N) is 2. The second kappa shape index (κ2) is 5.29. The van der Waals surface area contributed by atoms with Crippen LogP contribution in [-0.2, 0) is 0 Å². The Morgan fingerprint density at radius 3 is 2.54 bits per heavy atom. The van der Waals surface area contributed by atoms with Gasteiger partial charge in [0.25, 0.3) is 0 Å². The molecule has 1 aromatic carbocycles. The van der Waals surface area contributed by atoms with Crippen molar-refractivity contribution in [1.29, 1.82) is 0 Å². The zero-order chi connectivity index (χ0) is 9.14. The van der Waals surface area contributed by atoms with E-state index < -0.39 is 0 Å². The van der Waals surface area contributed by atoms with Gasteiger partial charge in [-0.2, -0.15) is 0 Å². The standard InChI is InChI=1S/C8H11ClN2O.ClH/c9-6-3-5(7(11)4-10)1-2-8(6)12;/h1-3,7,12H,4,10-11H2;1H/t7-;/m1./s1. The third kappa shape index (κ3) is 3.04. The van der Waals surface area contributed by atoms with Gasteiger partial charge in [-0.1, -0.05) is 17.7 Å². The molecule has 0 unspecified atom stereocenters. The third-order valence-corrected chi connectivity index (χ3v) is 1.96. The van der Waals surface area contributed by atoms with Crippen LogP contribution < -0.4 is 11.5 Å². The van der Waals surface area contributed by atoms with Gasteiger partial charge < -0.3 is 16.6 Å². The van der Waals surface area contributed by atoms with E-state index in [-0.39, 0.29) is 24.2 Å². The minimum atomic E-state index is -0.219. The Labute approximate surface area is 88.1 Å². The maximum absolute atomic E-state index is 9.09. The van der Waals surface area contributed by atoms with E-state index in [1.165, 1.54) is 6.07 Å². The Morgan fingerprint density at radius 2 is 2.08 bits per heavy atom. The molecule has 0 spiro atoms. The average molecular weight is 223 g/mol. The molecular formula is C8H12Cl2N2O. The van der Waals surface area contributed by atoms with E-state index in [1.54, 1.807) is 12.1 Å². The van der Waals surface area contributed by atoms with Crippen molar-refractivity contribution in [2.75, 3.05) is 6.54 Å². The van der Waals surface area contributed by atoms with Crippen molar-refractivity contribution in [3.05, 3.63) is 28.8 Å². The molecule has 3 nitrogen and oxygen atoms in total. The van der Waals surface area contributed by atoms with Crippen molar-refractivity contribution in [2.45, 2.75) is 6.04 Å².